The second-order valence-electron chi connectivity index (χ2n) is 6.76. The summed E-state index contributed by atoms with van der Waals surface area (Å²) >= 11 is 0. The van der Waals surface area contributed by atoms with E-state index in [9.17, 15) is 4.79 Å². The number of hydrogen-bond acceptors (Lipinski definition) is 6. The first kappa shape index (κ1) is 16.1. The van der Waals surface area contributed by atoms with Gasteiger partial charge in [-0.15, -0.1) is 0 Å². The molecule has 0 radical (unpaired) electrons. The summed E-state index contributed by atoms with van der Waals surface area (Å²) in [5, 5.41) is 0. The highest BCUT2D eigenvalue weighted by Gasteiger charge is 2.29. The Balaban J connectivity index is 1.38. The molecule has 7 nitrogen and oxygen atoms in total. The second kappa shape index (κ2) is 7.21. The van der Waals surface area contributed by atoms with Crippen LogP contribution in [0.5, 0.6) is 0 Å². The fraction of sp³-hybridized carbons (Fsp3) is 0.765. The smallest absolute Gasteiger partial charge is 0.237 e. The summed E-state index contributed by atoms with van der Waals surface area (Å²) in [7, 11) is 0. The van der Waals surface area contributed by atoms with Crippen molar-refractivity contribution in [2.45, 2.75) is 31.7 Å². The Morgan fingerprint density at radius 2 is 1.83 bits per heavy atom. The maximum atomic E-state index is 12.6. The molecule has 0 spiro atoms. The molecule has 0 bridgehead atoms. The van der Waals surface area contributed by atoms with Gasteiger partial charge in [0.2, 0.25) is 5.91 Å². The van der Waals surface area contributed by atoms with Gasteiger partial charge < -0.3 is 18.8 Å². The number of carbonyl (C=O) groups is 1. The van der Waals surface area contributed by atoms with E-state index in [1.165, 1.54) is 0 Å². The molecular weight excluding hydrogens is 310 g/mol. The molecule has 2 saturated heterocycles. The van der Waals surface area contributed by atoms with E-state index in [1.54, 1.807) is 0 Å². The molecule has 1 aromatic heterocycles. The minimum atomic E-state index is 0.179. The van der Waals surface area contributed by atoms with E-state index in [4.69, 9.17) is 18.9 Å². The van der Waals surface area contributed by atoms with Crippen molar-refractivity contribution in [2.24, 2.45) is 0 Å². The molecule has 0 saturated carbocycles. The maximum Gasteiger partial charge on any atom is 0.237 e. The fourth-order valence-corrected chi connectivity index (χ4v) is 3.60. The van der Waals surface area contributed by atoms with Crippen molar-refractivity contribution in [2.75, 3.05) is 52.6 Å². The van der Waals surface area contributed by atoms with Crippen molar-refractivity contribution >= 4 is 5.91 Å². The Kier molecular flexibility index (Phi) is 4.82. The summed E-state index contributed by atoms with van der Waals surface area (Å²) in [5.41, 5.74) is 0.943. The summed E-state index contributed by atoms with van der Waals surface area (Å²) in [6.45, 7) is 6.44. The highest BCUT2D eigenvalue weighted by atomic mass is 16.5. The van der Waals surface area contributed by atoms with Gasteiger partial charge in [0.15, 0.2) is 5.89 Å². The summed E-state index contributed by atoms with van der Waals surface area (Å²) in [6.07, 6.45) is 2.71. The van der Waals surface area contributed by atoms with Crippen LogP contribution in [-0.4, -0.2) is 73.3 Å². The third-order valence-corrected chi connectivity index (χ3v) is 5.13. The van der Waals surface area contributed by atoms with Crippen LogP contribution < -0.4 is 0 Å². The molecule has 1 aromatic rings. The molecule has 24 heavy (non-hydrogen) atoms. The van der Waals surface area contributed by atoms with E-state index < -0.39 is 0 Å². The highest BCUT2D eigenvalue weighted by Crippen LogP contribution is 2.30. The van der Waals surface area contributed by atoms with Gasteiger partial charge in [0.1, 0.15) is 11.5 Å². The van der Waals surface area contributed by atoms with Gasteiger partial charge in [-0.2, -0.15) is 0 Å². The number of hydrogen-bond donors (Lipinski definition) is 0. The van der Waals surface area contributed by atoms with Gasteiger partial charge >= 0.3 is 0 Å². The Hall–Kier alpha value is -1.44. The largest absolute Gasteiger partial charge is 0.445 e. The predicted octanol–water partition coefficient (Wildman–Crippen LogP) is 0.786. The molecule has 0 unspecified atom stereocenters. The summed E-state index contributed by atoms with van der Waals surface area (Å²) in [5.74, 6) is 2.35. The maximum absolute atomic E-state index is 12.6. The monoisotopic (exact) mass is 335 g/mol. The number of carbonyl (C=O) groups excluding carboxylic acids is 1. The lowest BCUT2D eigenvalue weighted by Crippen LogP contribution is -2.46. The normalized spacial score (nSPS) is 23.2. The van der Waals surface area contributed by atoms with Crippen molar-refractivity contribution < 1.29 is 18.7 Å². The zero-order valence-electron chi connectivity index (χ0n) is 14.0. The second-order valence-corrected chi connectivity index (χ2v) is 6.76. The van der Waals surface area contributed by atoms with Gasteiger partial charge in [-0.3, -0.25) is 9.69 Å². The molecule has 3 aliphatic rings. The number of nitrogens with zero attached hydrogens (tertiary/aromatic N) is 3. The Bertz CT molecular complexity index is 576. The van der Waals surface area contributed by atoms with Gasteiger partial charge in [-0.1, -0.05) is 0 Å². The number of ether oxygens (including phenoxy) is 2. The number of oxazole rings is 1. The van der Waals surface area contributed by atoms with Crippen LogP contribution in [0.1, 0.15) is 36.1 Å². The van der Waals surface area contributed by atoms with E-state index in [0.29, 0.717) is 19.0 Å². The molecule has 4 heterocycles. The SMILES string of the molecule is O=C(CN1CCOCC1)N1CCc2oc(C3CCOCC3)nc2C1. The molecule has 1 amide bonds. The molecule has 0 atom stereocenters. The molecule has 0 N–H and O–H groups in total. The molecule has 7 heteroatoms. The quantitative estimate of drug-likeness (QED) is 0.813. The molecular formula is C17H25N3O4. The van der Waals surface area contributed by atoms with Crippen LogP contribution in [0, 0.1) is 0 Å². The van der Waals surface area contributed by atoms with Crippen LogP contribution in [0.15, 0.2) is 4.42 Å². The van der Waals surface area contributed by atoms with Crippen LogP contribution >= 0.6 is 0 Å². The van der Waals surface area contributed by atoms with E-state index in [2.05, 4.69) is 4.90 Å². The Labute approximate surface area is 141 Å². The number of amides is 1. The first-order chi connectivity index (χ1) is 11.8. The van der Waals surface area contributed by atoms with E-state index in [1.807, 2.05) is 4.90 Å². The first-order valence-corrected chi connectivity index (χ1v) is 8.93. The summed E-state index contributed by atoms with van der Waals surface area (Å²) in [4.78, 5) is 21.3. The Morgan fingerprint density at radius 3 is 2.62 bits per heavy atom. The van der Waals surface area contributed by atoms with Crippen LogP contribution in [0.3, 0.4) is 0 Å². The van der Waals surface area contributed by atoms with Gasteiger partial charge in [-0.25, -0.2) is 4.98 Å². The molecule has 0 aliphatic carbocycles. The number of fused-ring (bicyclic) bond motifs is 1. The predicted molar refractivity (Wildman–Crippen MR) is 85.7 cm³/mol. The standard InChI is InChI=1S/C17H25N3O4/c21-16(12-19-5-9-23-10-6-19)20-4-1-15-14(11-20)18-17(24-15)13-2-7-22-8-3-13/h13H,1-12H2. The van der Waals surface area contributed by atoms with Gasteiger partial charge in [0.25, 0.3) is 0 Å². The van der Waals surface area contributed by atoms with Crippen molar-refractivity contribution in [1.82, 2.24) is 14.8 Å². The molecule has 132 valence electrons. The van der Waals surface area contributed by atoms with Crippen molar-refractivity contribution in [1.29, 1.82) is 0 Å². The topological polar surface area (TPSA) is 68.0 Å². The summed E-state index contributed by atoms with van der Waals surface area (Å²) < 4.78 is 16.7. The van der Waals surface area contributed by atoms with Gasteiger partial charge in [0.05, 0.1) is 26.3 Å². The van der Waals surface area contributed by atoms with Gasteiger partial charge in [0, 0.05) is 45.2 Å². The van der Waals surface area contributed by atoms with Crippen LogP contribution in [0.2, 0.25) is 0 Å². The number of aromatic nitrogens is 1. The summed E-state index contributed by atoms with van der Waals surface area (Å²) in [6, 6.07) is 0. The van der Waals surface area contributed by atoms with E-state index in [-0.39, 0.29) is 5.91 Å². The van der Waals surface area contributed by atoms with Crippen LogP contribution in [0.4, 0.5) is 0 Å². The molecule has 3 aliphatic heterocycles. The molecule has 2 fully saturated rings. The minimum absolute atomic E-state index is 0.179. The fourth-order valence-electron chi connectivity index (χ4n) is 3.60. The first-order valence-electron chi connectivity index (χ1n) is 8.93. The highest BCUT2D eigenvalue weighted by molar-refractivity contribution is 5.78. The zero-order valence-corrected chi connectivity index (χ0v) is 14.0. The van der Waals surface area contributed by atoms with Gasteiger partial charge in [-0.05, 0) is 12.8 Å². The van der Waals surface area contributed by atoms with E-state index in [0.717, 1.165) is 82.7 Å². The van der Waals surface area contributed by atoms with Crippen LogP contribution in [0.25, 0.3) is 0 Å². The van der Waals surface area contributed by atoms with Crippen molar-refractivity contribution in [3.63, 3.8) is 0 Å². The molecule has 4 rings (SSSR count). The van der Waals surface area contributed by atoms with Crippen molar-refractivity contribution in [3.05, 3.63) is 17.3 Å². The lowest BCUT2D eigenvalue weighted by Gasteiger charge is -2.30. The Morgan fingerprint density at radius 1 is 1.08 bits per heavy atom. The third-order valence-electron chi connectivity index (χ3n) is 5.13. The lowest BCUT2D eigenvalue weighted by molar-refractivity contribution is -0.134. The minimum Gasteiger partial charge on any atom is -0.445 e. The third kappa shape index (κ3) is 3.48. The van der Waals surface area contributed by atoms with Crippen LogP contribution in [-0.2, 0) is 27.2 Å². The molecule has 0 aromatic carbocycles. The zero-order chi connectivity index (χ0) is 16.4. The van der Waals surface area contributed by atoms with E-state index >= 15 is 0 Å². The number of morpholine rings is 1. The average molecular weight is 335 g/mol. The number of rotatable bonds is 3. The average Bonchev–Trinajstić information content (AvgIpc) is 3.06. The van der Waals surface area contributed by atoms with Crippen molar-refractivity contribution in [3.8, 4) is 0 Å². The lowest BCUT2D eigenvalue weighted by atomic mass is 10.0.